The maximum Gasteiger partial charge on any atom is 0.315 e. The number of amides is 4. The highest BCUT2D eigenvalue weighted by molar-refractivity contribution is 5.93. The van der Waals surface area contributed by atoms with E-state index in [-0.39, 0.29) is 43.3 Å². The Morgan fingerprint density at radius 2 is 1.64 bits per heavy atom. The summed E-state index contributed by atoms with van der Waals surface area (Å²) in [6.45, 7) is 17.2. The Kier molecular flexibility index (Phi) is 11.5. The lowest BCUT2D eigenvalue weighted by atomic mass is 9.84. The first-order chi connectivity index (χ1) is 16.5. The van der Waals surface area contributed by atoms with Gasteiger partial charge in [0.05, 0.1) is 12.1 Å². The number of Topliss-reactive ketones (excluding diaryl/α,β-unsaturated/α-hetero) is 1. The van der Waals surface area contributed by atoms with Gasteiger partial charge in [-0.1, -0.05) is 55.4 Å². The normalized spacial score (nSPS) is 20.0. The van der Waals surface area contributed by atoms with E-state index in [1.165, 1.54) is 6.92 Å². The molecule has 1 saturated heterocycles. The molecule has 0 aliphatic carbocycles. The summed E-state index contributed by atoms with van der Waals surface area (Å²) in [6.07, 6.45) is 1.31. The van der Waals surface area contributed by atoms with E-state index in [1.807, 2.05) is 41.5 Å². The van der Waals surface area contributed by atoms with Gasteiger partial charge < -0.3 is 30.4 Å². The highest BCUT2D eigenvalue weighted by Gasteiger charge is 2.45. The van der Waals surface area contributed by atoms with Gasteiger partial charge in [0.15, 0.2) is 5.78 Å². The number of carbonyl (C=O) groups is 5. The van der Waals surface area contributed by atoms with Gasteiger partial charge in [-0.15, -0.1) is 0 Å². The van der Waals surface area contributed by atoms with E-state index in [2.05, 4.69) is 29.8 Å². The summed E-state index contributed by atoms with van der Waals surface area (Å²) in [6, 6.07) is -2.33. The van der Waals surface area contributed by atoms with E-state index in [4.69, 9.17) is 4.74 Å². The fourth-order valence-corrected chi connectivity index (χ4v) is 4.47. The van der Waals surface area contributed by atoms with Crippen LogP contribution in [0.25, 0.3) is 0 Å². The lowest BCUT2D eigenvalue weighted by molar-refractivity contribution is -0.141. The van der Waals surface area contributed by atoms with Crippen molar-refractivity contribution in [2.45, 2.75) is 86.9 Å². The number of hydrogen-bond acceptors (Lipinski definition) is 6. The van der Waals surface area contributed by atoms with Crippen molar-refractivity contribution in [2.24, 2.45) is 22.7 Å². The second kappa shape index (κ2) is 13.2. The monoisotopic (exact) mass is 510 g/mol. The van der Waals surface area contributed by atoms with E-state index in [0.717, 1.165) is 6.42 Å². The molecule has 0 saturated carbocycles. The molecular formula is C26H46N4O6. The molecule has 0 spiro atoms. The van der Waals surface area contributed by atoms with Crippen LogP contribution in [-0.4, -0.2) is 79.2 Å². The minimum Gasteiger partial charge on any atom is -0.364 e. The second-order valence-corrected chi connectivity index (χ2v) is 12.1. The number of aldehydes is 1. The summed E-state index contributed by atoms with van der Waals surface area (Å²) in [5.74, 6) is -0.371. The minimum absolute atomic E-state index is 0.0441. The first-order valence-electron chi connectivity index (χ1n) is 12.7. The Labute approximate surface area is 215 Å². The maximum absolute atomic E-state index is 13.7. The molecule has 0 bridgehead atoms. The third-order valence-corrected chi connectivity index (χ3v) is 6.66. The Morgan fingerprint density at radius 1 is 1.03 bits per heavy atom. The first-order valence-corrected chi connectivity index (χ1v) is 12.7. The number of rotatable bonds is 11. The Bertz CT molecular complexity index is 799. The van der Waals surface area contributed by atoms with Crippen LogP contribution in [0.5, 0.6) is 0 Å². The Balaban J connectivity index is 2.97. The van der Waals surface area contributed by atoms with Crippen LogP contribution in [0, 0.1) is 22.7 Å². The van der Waals surface area contributed by atoms with Crippen LogP contribution in [0.15, 0.2) is 0 Å². The third-order valence-electron chi connectivity index (χ3n) is 6.66. The predicted octanol–water partition coefficient (Wildman–Crippen LogP) is 1.91. The average Bonchev–Trinajstić information content (AvgIpc) is 3.19. The smallest absolute Gasteiger partial charge is 0.315 e. The van der Waals surface area contributed by atoms with Gasteiger partial charge in [0.25, 0.3) is 0 Å². The van der Waals surface area contributed by atoms with Crippen molar-refractivity contribution >= 4 is 29.9 Å². The van der Waals surface area contributed by atoms with Crippen LogP contribution < -0.4 is 16.0 Å². The molecule has 0 aromatic heterocycles. The molecule has 3 N–H and O–H groups in total. The molecule has 0 unspecified atom stereocenters. The molecule has 36 heavy (non-hydrogen) atoms. The molecule has 4 atom stereocenters. The number of nitrogens with one attached hydrogen (secondary N) is 3. The van der Waals surface area contributed by atoms with Crippen LogP contribution in [0.2, 0.25) is 0 Å². The zero-order chi connectivity index (χ0) is 27.8. The lowest BCUT2D eigenvalue weighted by Gasteiger charge is -2.37. The number of ether oxygens (including phenoxy) is 1. The molecule has 1 fully saturated rings. The largest absolute Gasteiger partial charge is 0.364 e. The van der Waals surface area contributed by atoms with E-state index in [0.29, 0.717) is 12.8 Å². The number of hydrogen-bond donors (Lipinski definition) is 3. The molecule has 10 heteroatoms. The molecular weight excluding hydrogens is 464 g/mol. The van der Waals surface area contributed by atoms with Crippen LogP contribution in [0.1, 0.15) is 68.7 Å². The first kappa shape index (κ1) is 31.5. The lowest BCUT2D eigenvalue weighted by Crippen LogP contribution is -2.61. The van der Waals surface area contributed by atoms with E-state index >= 15 is 0 Å². The van der Waals surface area contributed by atoms with Crippen molar-refractivity contribution in [3.05, 3.63) is 0 Å². The number of ketones is 1. The topological polar surface area (TPSA) is 134 Å². The summed E-state index contributed by atoms with van der Waals surface area (Å²) < 4.78 is 4.91. The van der Waals surface area contributed by atoms with Crippen molar-refractivity contribution in [1.82, 2.24) is 20.9 Å². The van der Waals surface area contributed by atoms with Crippen LogP contribution in [0.4, 0.5) is 4.79 Å². The molecule has 10 nitrogen and oxygen atoms in total. The third kappa shape index (κ3) is 9.19. The molecule has 206 valence electrons. The number of nitrogens with zero attached hydrogens (tertiary/aromatic N) is 1. The van der Waals surface area contributed by atoms with Crippen molar-refractivity contribution in [2.75, 3.05) is 26.3 Å². The zero-order valence-electron chi connectivity index (χ0n) is 23.4. The summed E-state index contributed by atoms with van der Waals surface area (Å²) in [7, 11) is 0. The van der Waals surface area contributed by atoms with E-state index < -0.39 is 40.9 Å². The average molecular weight is 511 g/mol. The van der Waals surface area contributed by atoms with Gasteiger partial charge in [0.2, 0.25) is 11.8 Å². The molecule has 0 radical (unpaired) electrons. The van der Waals surface area contributed by atoms with Gasteiger partial charge in [-0.05, 0) is 36.0 Å². The Hall–Kier alpha value is -2.49. The fraction of sp³-hybridized carbons (Fsp3) is 0.808. The SMILES string of the molecule is CC(=O)[C@@H]1[C@@H](C(C)C)CCN1C(=O)[C@@H](NC(=O)N[C@H](CNC(=O)COCC=O)C(C)(C)C)C(C)(C)C. The minimum atomic E-state index is -0.850. The fourth-order valence-electron chi connectivity index (χ4n) is 4.47. The van der Waals surface area contributed by atoms with Crippen molar-refractivity contribution in [1.29, 1.82) is 0 Å². The standard InChI is InChI=1S/C26H46N4O6/c1-16(2)18-10-11-30(21(18)17(3)32)23(34)22(26(7,8)9)29-24(35)28-19(25(4,5)6)14-27-20(33)15-36-13-12-31/h12,16,18-19,21-22H,10-11,13-15H2,1-9H3,(H,27,33)(H2,28,29,35)/t18-,19-,21-,22-/m1/s1. The van der Waals surface area contributed by atoms with Crippen LogP contribution >= 0.6 is 0 Å². The van der Waals surface area contributed by atoms with Gasteiger partial charge in [-0.2, -0.15) is 0 Å². The number of urea groups is 1. The summed E-state index contributed by atoms with van der Waals surface area (Å²) >= 11 is 0. The summed E-state index contributed by atoms with van der Waals surface area (Å²) in [4.78, 5) is 63.2. The molecule has 1 heterocycles. The molecule has 1 aliphatic rings. The van der Waals surface area contributed by atoms with Gasteiger partial charge >= 0.3 is 6.03 Å². The van der Waals surface area contributed by atoms with Crippen molar-refractivity contribution in [3.8, 4) is 0 Å². The molecule has 0 aromatic carbocycles. The highest BCUT2D eigenvalue weighted by atomic mass is 16.5. The highest BCUT2D eigenvalue weighted by Crippen LogP contribution is 2.33. The molecule has 1 rings (SSSR count). The summed E-state index contributed by atoms with van der Waals surface area (Å²) in [5.41, 5.74) is -1.01. The summed E-state index contributed by atoms with van der Waals surface area (Å²) in [5, 5.41) is 8.43. The van der Waals surface area contributed by atoms with Crippen molar-refractivity contribution < 1.29 is 28.7 Å². The second-order valence-electron chi connectivity index (χ2n) is 12.1. The van der Waals surface area contributed by atoms with Crippen LogP contribution in [0.3, 0.4) is 0 Å². The van der Waals surface area contributed by atoms with Gasteiger partial charge in [-0.3, -0.25) is 14.4 Å². The predicted molar refractivity (Wildman–Crippen MR) is 137 cm³/mol. The molecule has 1 aliphatic heterocycles. The quantitative estimate of drug-likeness (QED) is 0.287. The van der Waals surface area contributed by atoms with E-state index in [9.17, 15) is 24.0 Å². The molecule has 4 amide bonds. The Morgan fingerprint density at radius 3 is 2.11 bits per heavy atom. The number of carbonyl (C=O) groups excluding carboxylic acids is 5. The van der Waals surface area contributed by atoms with Gasteiger partial charge in [0, 0.05) is 13.1 Å². The molecule has 0 aromatic rings. The van der Waals surface area contributed by atoms with Gasteiger partial charge in [-0.25, -0.2) is 4.79 Å². The van der Waals surface area contributed by atoms with Crippen molar-refractivity contribution in [3.63, 3.8) is 0 Å². The zero-order valence-corrected chi connectivity index (χ0v) is 23.4. The maximum atomic E-state index is 13.7. The van der Waals surface area contributed by atoms with E-state index in [1.54, 1.807) is 4.90 Å². The van der Waals surface area contributed by atoms with Gasteiger partial charge in [0.1, 0.15) is 25.5 Å². The number of likely N-dealkylation sites (tertiary alicyclic amines) is 1. The van der Waals surface area contributed by atoms with Crippen LogP contribution in [-0.2, 0) is 23.9 Å².